The smallest absolute Gasteiger partial charge is 0.219 e. The van der Waals surface area contributed by atoms with E-state index in [9.17, 15) is 15.0 Å². The van der Waals surface area contributed by atoms with Crippen LogP contribution >= 0.6 is 0 Å². The molecule has 104 valence electrons. The molecule has 5 N–H and O–H groups in total. The summed E-state index contributed by atoms with van der Waals surface area (Å²) in [7, 11) is 2.53. The van der Waals surface area contributed by atoms with Gasteiger partial charge in [0.2, 0.25) is 5.91 Å². The lowest BCUT2D eigenvalue weighted by Crippen LogP contribution is -2.38. The SMILES string of the molecule is CC(=O)N(C)CC(O)CC(O)C(O)CO.CO. The molecule has 0 aromatic heterocycles. The molecule has 7 heteroatoms. The van der Waals surface area contributed by atoms with Crippen LogP contribution in [0.2, 0.25) is 0 Å². The summed E-state index contributed by atoms with van der Waals surface area (Å²) in [6.07, 6.45) is -3.46. The number of likely N-dealkylation sites (N-methyl/N-ethyl adjacent to an activating group) is 1. The molecule has 17 heavy (non-hydrogen) atoms. The van der Waals surface area contributed by atoms with Gasteiger partial charge >= 0.3 is 0 Å². The summed E-state index contributed by atoms with van der Waals surface area (Å²) in [4.78, 5) is 12.1. The van der Waals surface area contributed by atoms with Gasteiger partial charge in [-0.15, -0.1) is 0 Å². The molecular weight excluding hydrogens is 230 g/mol. The van der Waals surface area contributed by atoms with Crippen LogP contribution in [0.1, 0.15) is 13.3 Å². The van der Waals surface area contributed by atoms with E-state index >= 15 is 0 Å². The molecule has 0 saturated heterocycles. The van der Waals surface area contributed by atoms with E-state index in [0.29, 0.717) is 0 Å². The number of amides is 1. The van der Waals surface area contributed by atoms with Crippen molar-refractivity contribution in [3.63, 3.8) is 0 Å². The van der Waals surface area contributed by atoms with Crippen LogP contribution in [-0.2, 0) is 4.79 Å². The highest BCUT2D eigenvalue weighted by Crippen LogP contribution is 2.04. The zero-order chi connectivity index (χ0) is 14.0. The van der Waals surface area contributed by atoms with E-state index in [-0.39, 0.29) is 18.9 Å². The van der Waals surface area contributed by atoms with Crippen LogP contribution in [0.3, 0.4) is 0 Å². The van der Waals surface area contributed by atoms with Gasteiger partial charge in [0.05, 0.1) is 18.8 Å². The average molecular weight is 253 g/mol. The van der Waals surface area contributed by atoms with Crippen LogP contribution in [-0.4, -0.2) is 82.0 Å². The first-order valence-corrected chi connectivity index (χ1v) is 5.20. The average Bonchev–Trinajstić information content (AvgIpc) is 2.29. The molecule has 3 atom stereocenters. The van der Waals surface area contributed by atoms with Crippen molar-refractivity contribution in [3.8, 4) is 0 Å². The molecule has 7 nitrogen and oxygen atoms in total. The Morgan fingerprint density at radius 3 is 2.00 bits per heavy atom. The molecule has 1 amide bonds. The second kappa shape index (κ2) is 10.4. The molecule has 0 fully saturated rings. The number of hydrogen-bond acceptors (Lipinski definition) is 6. The molecule has 0 aromatic rings. The van der Waals surface area contributed by atoms with Crippen molar-refractivity contribution in [1.29, 1.82) is 0 Å². The van der Waals surface area contributed by atoms with Crippen molar-refractivity contribution < 1.29 is 30.3 Å². The third-order valence-electron chi connectivity index (χ3n) is 2.17. The molecule has 0 aromatic carbocycles. The van der Waals surface area contributed by atoms with Gasteiger partial charge in [-0.05, 0) is 0 Å². The second-order valence-electron chi connectivity index (χ2n) is 3.61. The first-order chi connectivity index (χ1) is 7.88. The van der Waals surface area contributed by atoms with Crippen molar-refractivity contribution >= 4 is 5.91 Å². The van der Waals surface area contributed by atoms with E-state index in [1.807, 2.05) is 0 Å². The van der Waals surface area contributed by atoms with Crippen molar-refractivity contribution in [2.75, 3.05) is 27.3 Å². The fraction of sp³-hybridized carbons (Fsp3) is 0.900. The lowest BCUT2D eigenvalue weighted by Gasteiger charge is -2.22. The van der Waals surface area contributed by atoms with Crippen molar-refractivity contribution in [2.24, 2.45) is 0 Å². The molecule has 0 saturated carbocycles. The van der Waals surface area contributed by atoms with Gasteiger partial charge in [0.1, 0.15) is 6.10 Å². The predicted molar refractivity (Wildman–Crippen MR) is 61.2 cm³/mol. The van der Waals surface area contributed by atoms with Crippen LogP contribution < -0.4 is 0 Å². The van der Waals surface area contributed by atoms with Gasteiger partial charge < -0.3 is 30.4 Å². The maximum Gasteiger partial charge on any atom is 0.219 e. The molecular formula is C10H23NO6. The maximum atomic E-state index is 10.8. The normalized spacial score (nSPS) is 15.3. The number of aliphatic hydroxyl groups excluding tert-OH is 5. The van der Waals surface area contributed by atoms with Crippen LogP contribution in [0, 0.1) is 0 Å². The summed E-state index contributed by atoms with van der Waals surface area (Å²) in [6.45, 7) is 0.896. The van der Waals surface area contributed by atoms with Crippen LogP contribution in [0.15, 0.2) is 0 Å². The highest BCUT2D eigenvalue weighted by Gasteiger charge is 2.20. The Balaban J connectivity index is 0. The molecule has 0 radical (unpaired) electrons. The number of carbonyl (C=O) groups excluding carboxylic acids is 1. The Morgan fingerprint density at radius 1 is 1.18 bits per heavy atom. The monoisotopic (exact) mass is 253 g/mol. The fourth-order valence-corrected chi connectivity index (χ4v) is 1.08. The summed E-state index contributed by atoms with van der Waals surface area (Å²) >= 11 is 0. The minimum atomic E-state index is -1.26. The fourth-order valence-electron chi connectivity index (χ4n) is 1.08. The third kappa shape index (κ3) is 9.02. The number of aliphatic hydroxyl groups is 5. The van der Waals surface area contributed by atoms with Gasteiger partial charge in [0.15, 0.2) is 0 Å². The number of hydrogen-bond donors (Lipinski definition) is 5. The molecule has 0 aliphatic carbocycles. The molecule has 3 unspecified atom stereocenters. The van der Waals surface area contributed by atoms with Gasteiger partial charge in [0.25, 0.3) is 0 Å². The molecule has 0 aliphatic rings. The van der Waals surface area contributed by atoms with E-state index in [0.717, 1.165) is 7.11 Å². The summed E-state index contributed by atoms with van der Waals surface area (Å²) < 4.78 is 0. The molecule has 0 rings (SSSR count). The number of rotatable bonds is 6. The Labute approximate surface area is 101 Å². The molecule has 0 spiro atoms. The Morgan fingerprint density at radius 2 is 1.65 bits per heavy atom. The molecule has 0 heterocycles. The zero-order valence-electron chi connectivity index (χ0n) is 10.4. The largest absolute Gasteiger partial charge is 0.400 e. The van der Waals surface area contributed by atoms with Gasteiger partial charge in [-0.1, -0.05) is 0 Å². The van der Waals surface area contributed by atoms with Crippen LogP contribution in [0.25, 0.3) is 0 Å². The van der Waals surface area contributed by atoms with Crippen LogP contribution in [0.5, 0.6) is 0 Å². The van der Waals surface area contributed by atoms with Crippen molar-refractivity contribution in [1.82, 2.24) is 4.90 Å². The highest BCUT2D eigenvalue weighted by molar-refractivity contribution is 5.72. The first kappa shape index (κ1) is 18.6. The molecule has 0 bridgehead atoms. The van der Waals surface area contributed by atoms with Gasteiger partial charge in [-0.2, -0.15) is 0 Å². The van der Waals surface area contributed by atoms with E-state index in [1.165, 1.54) is 18.9 Å². The van der Waals surface area contributed by atoms with E-state index in [1.54, 1.807) is 0 Å². The Bertz CT molecular complexity index is 201. The minimum absolute atomic E-state index is 0.0840. The maximum absolute atomic E-state index is 10.8. The number of carbonyl (C=O) groups is 1. The quantitative estimate of drug-likeness (QED) is 0.358. The Kier molecular flexibility index (Phi) is 11.4. The second-order valence-corrected chi connectivity index (χ2v) is 3.61. The summed E-state index contributed by atoms with van der Waals surface area (Å²) in [6, 6.07) is 0. The highest BCUT2D eigenvalue weighted by atomic mass is 16.4. The zero-order valence-corrected chi connectivity index (χ0v) is 10.4. The standard InChI is InChI=1S/C9H19NO5.CH4O/c1-6(12)10(2)4-7(13)3-8(14)9(15)5-11;1-2/h7-9,11,13-15H,3-5H2,1-2H3;2H,1H3. The summed E-state index contributed by atoms with van der Waals surface area (Å²) in [5, 5.41) is 43.3. The van der Waals surface area contributed by atoms with Gasteiger partial charge in [0, 0.05) is 34.0 Å². The van der Waals surface area contributed by atoms with E-state index < -0.39 is 24.9 Å². The topological polar surface area (TPSA) is 121 Å². The van der Waals surface area contributed by atoms with E-state index in [4.69, 9.17) is 15.3 Å². The summed E-state index contributed by atoms with van der Waals surface area (Å²) in [5.74, 6) is -0.189. The lowest BCUT2D eigenvalue weighted by molar-refractivity contribution is -0.129. The lowest BCUT2D eigenvalue weighted by atomic mass is 10.1. The molecule has 0 aliphatic heterocycles. The van der Waals surface area contributed by atoms with Crippen LogP contribution in [0.4, 0.5) is 0 Å². The third-order valence-corrected chi connectivity index (χ3v) is 2.17. The first-order valence-electron chi connectivity index (χ1n) is 5.20. The Hall–Kier alpha value is -0.730. The van der Waals surface area contributed by atoms with Crippen molar-refractivity contribution in [2.45, 2.75) is 31.7 Å². The van der Waals surface area contributed by atoms with Gasteiger partial charge in [-0.3, -0.25) is 4.79 Å². The van der Waals surface area contributed by atoms with Gasteiger partial charge in [-0.25, -0.2) is 0 Å². The van der Waals surface area contributed by atoms with Crippen molar-refractivity contribution in [3.05, 3.63) is 0 Å². The van der Waals surface area contributed by atoms with E-state index in [2.05, 4.69) is 0 Å². The number of nitrogens with zero attached hydrogens (tertiary/aromatic N) is 1. The predicted octanol–water partition coefficient (Wildman–Crippen LogP) is -2.46. The summed E-state index contributed by atoms with van der Waals surface area (Å²) in [5.41, 5.74) is 0. The minimum Gasteiger partial charge on any atom is -0.400 e.